The molecule has 0 atom stereocenters. The number of hydrogen-bond donors (Lipinski definition) is 4. The van der Waals surface area contributed by atoms with Crippen molar-refractivity contribution >= 4 is 28.7 Å². The highest BCUT2D eigenvalue weighted by atomic mass is 19.1. The number of nitrogens with one attached hydrogen (secondary N) is 2. The summed E-state index contributed by atoms with van der Waals surface area (Å²) in [6, 6.07) is 10.6. The van der Waals surface area contributed by atoms with Gasteiger partial charge in [-0.05, 0) is 23.8 Å². The Balaban J connectivity index is 1.75. The molecule has 2 heterocycles. The summed E-state index contributed by atoms with van der Waals surface area (Å²) in [4.78, 5) is 35.4. The van der Waals surface area contributed by atoms with E-state index in [9.17, 15) is 19.1 Å². The van der Waals surface area contributed by atoms with Gasteiger partial charge >= 0.3 is 5.97 Å². The fourth-order valence-electron chi connectivity index (χ4n) is 2.89. The molecule has 0 radical (unpaired) electrons. The summed E-state index contributed by atoms with van der Waals surface area (Å²) in [6.07, 6.45) is 0. The lowest BCUT2D eigenvalue weighted by molar-refractivity contribution is 0.0698. The van der Waals surface area contributed by atoms with Crippen LogP contribution in [0.2, 0.25) is 0 Å². The zero-order valence-electron chi connectivity index (χ0n) is 15.3. The highest BCUT2D eigenvalue weighted by molar-refractivity contribution is 6.05. The molecule has 0 saturated carbocycles. The van der Waals surface area contributed by atoms with E-state index in [1.54, 1.807) is 24.3 Å². The molecule has 10 nitrogen and oxygen atoms in total. The van der Waals surface area contributed by atoms with Gasteiger partial charge in [-0.15, -0.1) is 0 Å². The Bertz CT molecular complexity index is 1290. The van der Waals surface area contributed by atoms with Crippen molar-refractivity contribution in [1.82, 2.24) is 25.1 Å². The maximum atomic E-state index is 13.4. The number of amides is 1. The van der Waals surface area contributed by atoms with Gasteiger partial charge < -0.3 is 16.2 Å². The van der Waals surface area contributed by atoms with Crippen LogP contribution >= 0.6 is 0 Å². The number of primary amides is 1. The van der Waals surface area contributed by atoms with Gasteiger partial charge in [0.15, 0.2) is 5.82 Å². The minimum Gasteiger partial charge on any atom is -0.478 e. The number of aromatic carboxylic acids is 1. The molecule has 1 amide bonds. The van der Waals surface area contributed by atoms with E-state index in [0.717, 1.165) is 0 Å². The molecule has 0 aliphatic rings. The van der Waals surface area contributed by atoms with Crippen LogP contribution in [0.25, 0.3) is 22.4 Å². The fraction of sp³-hybridized carbons (Fsp3) is 0.0526. The second kappa shape index (κ2) is 7.54. The van der Waals surface area contributed by atoms with Crippen LogP contribution in [-0.4, -0.2) is 42.1 Å². The first-order valence-electron chi connectivity index (χ1n) is 8.67. The van der Waals surface area contributed by atoms with E-state index in [2.05, 4.69) is 30.5 Å². The number of anilines is 1. The summed E-state index contributed by atoms with van der Waals surface area (Å²) >= 11 is 0. The molecule has 2 aromatic heterocycles. The number of rotatable bonds is 6. The van der Waals surface area contributed by atoms with Gasteiger partial charge in [0.05, 0.1) is 11.1 Å². The third kappa shape index (κ3) is 3.63. The lowest BCUT2D eigenvalue weighted by Gasteiger charge is -2.07. The number of nitrogens with two attached hydrogens (primary N) is 1. The summed E-state index contributed by atoms with van der Waals surface area (Å²) in [5.74, 6) is -2.63. The van der Waals surface area contributed by atoms with Crippen LogP contribution in [0.5, 0.6) is 0 Å². The third-order valence-electron chi connectivity index (χ3n) is 4.24. The molecule has 150 valence electrons. The van der Waals surface area contributed by atoms with Gasteiger partial charge in [0, 0.05) is 11.9 Å². The molecule has 4 aromatic rings. The SMILES string of the molecule is NC(=O)c1nc(NCc2cccc(F)c2)nc(-c2n[nH]c3c(C(=O)O)cccc23)n1. The number of carboxylic acid groups (broad SMARTS) is 1. The van der Waals surface area contributed by atoms with Crippen LogP contribution in [0.3, 0.4) is 0 Å². The van der Waals surface area contributed by atoms with Crippen molar-refractivity contribution in [3.63, 3.8) is 0 Å². The maximum absolute atomic E-state index is 13.4. The van der Waals surface area contributed by atoms with Crippen molar-refractivity contribution in [1.29, 1.82) is 0 Å². The summed E-state index contributed by atoms with van der Waals surface area (Å²) in [7, 11) is 0. The van der Waals surface area contributed by atoms with Gasteiger partial charge in [0.25, 0.3) is 5.91 Å². The van der Waals surface area contributed by atoms with Gasteiger partial charge in [-0.1, -0.05) is 24.3 Å². The predicted molar refractivity (Wildman–Crippen MR) is 104 cm³/mol. The normalized spacial score (nSPS) is 10.8. The van der Waals surface area contributed by atoms with Gasteiger partial charge in [-0.25, -0.2) is 14.2 Å². The van der Waals surface area contributed by atoms with E-state index in [4.69, 9.17) is 5.73 Å². The number of carboxylic acids is 1. The second-order valence-electron chi connectivity index (χ2n) is 6.26. The molecule has 0 unspecified atom stereocenters. The molecule has 11 heteroatoms. The van der Waals surface area contributed by atoms with E-state index in [1.165, 1.54) is 18.2 Å². The molecule has 2 aromatic carbocycles. The minimum absolute atomic E-state index is 0.0225. The van der Waals surface area contributed by atoms with Gasteiger partial charge in [-0.2, -0.15) is 15.1 Å². The zero-order valence-corrected chi connectivity index (χ0v) is 15.3. The highest BCUT2D eigenvalue weighted by Gasteiger charge is 2.19. The highest BCUT2D eigenvalue weighted by Crippen LogP contribution is 2.26. The Morgan fingerprint density at radius 2 is 1.93 bits per heavy atom. The summed E-state index contributed by atoms with van der Waals surface area (Å²) in [5.41, 5.74) is 6.51. The molecular formula is C19H14FN7O3. The lowest BCUT2D eigenvalue weighted by Crippen LogP contribution is -2.18. The first-order chi connectivity index (χ1) is 14.4. The quantitative estimate of drug-likeness (QED) is 0.377. The van der Waals surface area contributed by atoms with Gasteiger partial charge in [0.1, 0.15) is 11.5 Å². The number of aromatic amines is 1. The fourth-order valence-corrected chi connectivity index (χ4v) is 2.89. The van der Waals surface area contributed by atoms with Crippen molar-refractivity contribution in [2.45, 2.75) is 6.54 Å². The number of benzene rings is 2. The van der Waals surface area contributed by atoms with Crippen LogP contribution in [0, 0.1) is 5.82 Å². The van der Waals surface area contributed by atoms with Gasteiger partial charge in [0.2, 0.25) is 11.8 Å². The van der Waals surface area contributed by atoms with E-state index in [1.807, 2.05) is 0 Å². The number of carbonyl (C=O) groups excluding carboxylic acids is 1. The van der Waals surface area contributed by atoms with Crippen LogP contribution < -0.4 is 11.1 Å². The van der Waals surface area contributed by atoms with Crippen LogP contribution in [0.1, 0.15) is 26.5 Å². The second-order valence-corrected chi connectivity index (χ2v) is 6.26. The molecule has 5 N–H and O–H groups in total. The molecule has 0 spiro atoms. The third-order valence-corrected chi connectivity index (χ3v) is 4.24. The molecule has 30 heavy (non-hydrogen) atoms. The number of H-pyrrole nitrogens is 1. The first-order valence-corrected chi connectivity index (χ1v) is 8.67. The Labute approximate surface area is 168 Å². The maximum Gasteiger partial charge on any atom is 0.337 e. The van der Waals surface area contributed by atoms with Crippen LogP contribution in [-0.2, 0) is 6.54 Å². The Morgan fingerprint density at radius 1 is 1.13 bits per heavy atom. The van der Waals surface area contributed by atoms with Crippen molar-refractivity contribution in [2.24, 2.45) is 5.73 Å². The van der Waals surface area contributed by atoms with Crippen molar-refractivity contribution in [3.8, 4) is 11.5 Å². The van der Waals surface area contributed by atoms with Crippen molar-refractivity contribution in [2.75, 3.05) is 5.32 Å². The molecule has 0 aliphatic heterocycles. The Hall–Kier alpha value is -4.41. The largest absolute Gasteiger partial charge is 0.478 e. The molecule has 0 bridgehead atoms. The Morgan fingerprint density at radius 3 is 2.67 bits per heavy atom. The molecule has 0 saturated heterocycles. The van der Waals surface area contributed by atoms with E-state index < -0.39 is 11.9 Å². The number of hydrogen-bond acceptors (Lipinski definition) is 7. The predicted octanol–water partition coefficient (Wildman–Crippen LogP) is 1.96. The summed E-state index contributed by atoms with van der Waals surface area (Å²) in [5, 5.41) is 19.4. The standard InChI is InChI=1S/C19H14FN7O3/c20-10-4-1-3-9(7-10)8-22-19-24-16(23-17(25-19)15(21)28)14-11-5-2-6-12(18(29)30)13(11)26-27-14/h1-7H,8H2,(H2,21,28)(H,26,27)(H,29,30)(H,22,23,24,25). The lowest BCUT2D eigenvalue weighted by atomic mass is 10.1. The van der Waals surface area contributed by atoms with Gasteiger partial charge in [-0.3, -0.25) is 9.89 Å². The molecular weight excluding hydrogens is 393 g/mol. The average molecular weight is 407 g/mol. The van der Waals surface area contributed by atoms with E-state index >= 15 is 0 Å². The number of aromatic nitrogens is 5. The number of nitrogens with zero attached hydrogens (tertiary/aromatic N) is 4. The number of carbonyl (C=O) groups is 2. The molecule has 4 rings (SSSR count). The summed E-state index contributed by atoms with van der Waals surface area (Å²) < 4.78 is 13.4. The van der Waals surface area contributed by atoms with Crippen LogP contribution in [0.15, 0.2) is 42.5 Å². The minimum atomic E-state index is -1.12. The number of halogens is 1. The number of fused-ring (bicyclic) bond motifs is 1. The smallest absolute Gasteiger partial charge is 0.337 e. The first kappa shape index (κ1) is 18.9. The monoisotopic (exact) mass is 407 g/mol. The van der Waals surface area contributed by atoms with Crippen LogP contribution in [0.4, 0.5) is 10.3 Å². The topological polar surface area (TPSA) is 160 Å². The summed E-state index contributed by atoms with van der Waals surface area (Å²) in [6.45, 7) is 0.184. The van der Waals surface area contributed by atoms with E-state index in [0.29, 0.717) is 10.9 Å². The molecule has 0 aliphatic carbocycles. The van der Waals surface area contributed by atoms with Crippen molar-refractivity contribution in [3.05, 3.63) is 65.2 Å². The molecule has 0 fully saturated rings. The Kier molecular flexibility index (Phi) is 4.76. The number of para-hydroxylation sites is 1. The average Bonchev–Trinajstić information content (AvgIpc) is 3.16. The van der Waals surface area contributed by atoms with E-state index in [-0.39, 0.29) is 46.7 Å². The van der Waals surface area contributed by atoms with Crippen molar-refractivity contribution < 1.29 is 19.1 Å². The zero-order chi connectivity index (χ0) is 21.3.